The number of rotatable bonds is 3. The fraction of sp³-hybridized carbons (Fsp3) is 0.364. The summed E-state index contributed by atoms with van der Waals surface area (Å²) in [6, 6.07) is 1.04. The summed E-state index contributed by atoms with van der Waals surface area (Å²) in [5.41, 5.74) is -1.31. The Bertz CT molecular complexity index is 472. The number of carboxylic acids is 1. The number of benzene rings is 1. The zero-order valence-corrected chi connectivity index (χ0v) is 9.98. The molecule has 0 aliphatic rings. The highest BCUT2D eigenvalue weighted by molar-refractivity contribution is 6.32. The van der Waals surface area contributed by atoms with Gasteiger partial charge in [0.1, 0.15) is 0 Å². The van der Waals surface area contributed by atoms with Gasteiger partial charge in [0.25, 0.3) is 0 Å². The molecular weight excluding hydrogens is 254 g/mol. The topological polar surface area (TPSA) is 57.5 Å². The Kier molecular flexibility index (Phi) is 3.62. The highest BCUT2D eigenvalue weighted by Gasteiger charge is 2.30. The molecule has 0 saturated heterocycles. The molecule has 0 bridgehead atoms. The molecule has 0 spiro atoms. The van der Waals surface area contributed by atoms with Gasteiger partial charge in [-0.25, -0.2) is 4.39 Å². The van der Waals surface area contributed by atoms with E-state index in [1.54, 1.807) is 0 Å². The molecule has 94 valence electrons. The number of halogens is 3. The van der Waals surface area contributed by atoms with Gasteiger partial charge in [-0.05, 0) is 11.6 Å². The van der Waals surface area contributed by atoms with Crippen LogP contribution in [0.15, 0.2) is 6.07 Å². The molecule has 0 amide bonds. The maximum absolute atomic E-state index is 13.6. The van der Waals surface area contributed by atoms with E-state index in [1.807, 2.05) is 0 Å². The van der Waals surface area contributed by atoms with Crippen molar-refractivity contribution in [2.45, 2.75) is 25.7 Å². The molecule has 2 N–H and O–H groups in total. The van der Waals surface area contributed by atoms with Crippen LogP contribution in [-0.2, 0) is 10.2 Å². The Hall–Kier alpha value is -1.36. The zero-order valence-electron chi connectivity index (χ0n) is 9.22. The summed E-state index contributed by atoms with van der Waals surface area (Å²) in [5, 5.41) is 17.4. The largest absolute Gasteiger partial charge is 0.504 e. The van der Waals surface area contributed by atoms with Gasteiger partial charge in [-0.2, -0.15) is 4.39 Å². The van der Waals surface area contributed by atoms with E-state index in [0.29, 0.717) is 0 Å². The van der Waals surface area contributed by atoms with Crippen LogP contribution in [0.5, 0.6) is 5.75 Å². The summed E-state index contributed by atoms with van der Waals surface area (Å²) >= 11 is 5.53. The Morgan fingerprint density at radius 1 is 1.41 bits per heavy atom. The monoisotopic (exact) mass is 264 g/mol. The van der Waals surface area contributed by atoms with E-state index in [9.17, 15) is 13.6 Å². The number of carbonyl (C=O) groups is 1. The molecule has 0 heterocycles. The molecule has 0 unspecified atom stereocenters. The van der Waals surface area contributed by atoms with Crippen LogP contribution in [-0.4, -0.2) is 16.2 Å². The van der Waals surface area contributed by atoms with Gasteiger partial charge in [0.15, 0.2) is 11.6 Å². The second-order valence-corrected chi connectivity index (χ2v) is 4.74. The lowest BCUT2D eigenvalue weighted by Gasteiger charge is -2.24. The van der Waals surface area contributed by atoms with E-state index in [1.165, 1.54) is 13.8 Å². The van der Waals surface area contributed by atoms with Crippen LogP contribution in [0.4, 0.5) is 8.78 Å². The fourth-order valence-electron chi connectivity index (χ4n) is 1.55. The maximum Gasteiger partial charge on any atom is 0.304 e. The van der Waals surface area contributed by atoms with Crippen LogP contribution in [0.25, 0.3) is 0 Å². The van der Waals surface area contributed by atoms with Crippen LogP contribution >= 0.6 is 11.6 Å². The first kappa shape index (κ1) is 13.7. The molecule has 0 radical (unpaired) electrons. The number of aromatic hydroxyl groups is 1. The molecule has 0 aliphatic carbocycles. The van der Waals surface area contributed by atoms with Gasteiger partial charge in [0.2, 0.25) is 5.82 Å². The van der Waals surface area contributed by atoms with Crippen LogP contribution in [0.1, 0.15) is 25.8 Å². The number of aliphatic carboxylic acids is 1. The predicted octanol–water partition coefficient (Wildman–Crippen LogP) is 3.08. The molecular formula is C11H11ClF2O3. The number of hydrogen-bond acceptors (Lipinski definition) is 2. The lowest BCUT2D eigenvalue weighted by atomic mass is 9.81. The summed E-state index contributed by atoms with van der Waals surface area (Å²) < 4.78 is 26.9. The second-order valence-electron chi connectivity index (χ2n) is 4.34. The number of carboxylic acid groups (broad SMARTS) is 1. The summed E-state index contributed by atoms with van der Waals surface area (Å²) in [6.07, 6.45) is -0.384. The highest BCUT2D eigenvalue weighted by atomic mass is 35.5. The Morgan fingerprint density at radius 3 is 2.41 bits per heavy atom. The first-order valence-corrected chi connectivity index (χ1v) is 5.13. The summed E-state index contributed by atoms with van der Waals surface area (Å²) in [6.45, 7) is 2.90. The van der Waals surface area contributed by atoms with E-state index in [4.69, 9.17) is 21.8 Å². The first-order chi connectivity index (χ1) is 7.66. The van der Waals surface area contributed by atoms with Gasteiger partial charge < -0.3 is 10.2 Å². The van der Waals surface area contributed by atoms with E-state index in [-0.39, 0.29) is 17.0 Å². The highest BCUT2D eigenvalue weighted by Crippen LogP contribution is 2.37. The van der Waals surface area contributed by atoms with Gasteiger partial charge >= 0.3 is 5.97 Å². The predicted molar refractivity (Wildman–Crippen MR) is 58.3 cm³/mol. The number of phenolic OH excluding ortho intramolecular Hbond substituents is 1. The average Bonchev–Trinajstić information content (AvgIpc) is 2.18. The Balaban J connectivity index is 3.37. The lowest BCUT2D eigenvalue weighted by Crippen LogP contribution is -2.23. The minimum atomic E-state index is -1.47. The van der Waals surface area contributed by atoms with Crippen LogP contribution < -0.4 is 0 Å². The standard InChI is InChI=1S/C11H11ClF2O3/c1-11(2,4-7(15)16)5-3-6(12)10(17)9(14)8(5)13/h3,17H,4H2,1-2H3,(H,15,16). The van der Waals surface area contributed by atoms with Crippen molar-refractivity contribution >= 4 is 17.6 Å². The van der Waals surface area contributed by atoms with E-state index in [0.717, 1.165) is 6.07 Å². The van der Waals surface area contributed by atoms with Crippen molar-refractivity contribution in [3.8, 4) is 5.75 Å². The molecule has 3 nitrogen and oxygen atoms in total. The minimum absolute atomic E-state index is 0.180. The zero-order chi connectivity index (χ0) is 13.4. The summed E-state index contributed by atoms with van der Waals surface area (Å²) in [4.78, 5) is 10.6. The Morgan fingerprint density at radius 2 is 1.94 bits per heavy atom. The van der Waals surface area contributed by atoms with E-state index in [2.05, 4.69) is 0 Å². The molecule has 1 aromatic carbocycles. The Labute approximate surface area is 102 Å². The molecule has 0 saturated carbocycles. The van der Waals surface area contributed by atoms with E-state index >= 15 is 0 Å². The maximum atomic E-state index is 13.6. The molecule has 1 aromatic rings. The molecule has 0 aliphatic heterocycles. The first-order valence-electron chi connectivity index (χ1n) is 4.75. The smallest absolute Gasteiger partial charge is 0.304 e. The fourth-order valence-corrected chi connectivity index (χ4v) is 1.74. The SMILES string of the molecule is CC(C)(CC(=O)O)c1cc(Cl)c(O)c(F)c1F. The summed E-state index contributed by atoms with van der Waals surface area (Å²) in [5.74, 6) is -4.86. The number of phenols is 1. The van der Waals surface area contributed by atoms with Crippen molar-refractivity contribution in [1.29, 1.82) is 0 Å². The van der Waals surface area contributed by atoms with Crippen LogP contribution in [0.3, 0.4) is 0 Å². The third-order valence-electron chi connectivity index (χ3n) is 2.46. The number of hydrogen-bond donors (Lipinski definition) is 2. The van der Waals surface area contributed by atoms with Gasteiger partial charge in [0, 0.05) is 5.41 Å². The molecule has 1 rings (SSSR count). The van der Waals surface area contributed by atoms with Crippen LogP contribution in [0, 0.1) is 11.6 Å². The van der Waals surface area contributed by atoms with Crippen molar-refractivity contribution in [2.24, 2.45) is 0 Å². The molecule has 0 aromatic heterocycles. The van der Waals surface area contributed by atoms with Gasteiger partial charge in [-0.1, -0.05) is 25.4 Å². The van der Waals surface area contributed by atoms with Crippen LogP contribution in [0.2, 0.25) is 5.02 Å². The van der Waals surface area contributed by atoms with Crippen molar-refractivity contribution in [3.63, 3.8) is 0 Å². The molecule has 0 fully saturated rings. The normalized spacial score (nSPS) is 11.6. The summed E-state index contributed by atoms with van der Waals surface area (Å²) in [7, 11) is 0. The average molecular weight is 265 g/mol. The third kappa shape index (κ3) is 2.66. The minimum Gasteiger partial charge on any atom is -0.504 e. The molecule has 6 heteroatoms. The van der Waals surface area contributed by atoms with Gasteiger partial charge in [-0.15, -0.1) is 0 Å². The van der Waals surface area contributed by atoms with Crippen molar-refractivity contribution in [3.05, 3.63) is 28.3 Å². The molecule has 0 atom stereocenters. The second kappa shape index (κ2) is 4.49. The van der Waals surface area contributed by atoms with Gasteiger partial charge in [-0.3, -0.25) is 4.79 Å². The quantitative estimate of drug-likeness (QED) is 0.825. The van der Waals surface area contributed by atoms with Crippen molar-refractivity contribution < 1.29 is 23.8 Å². The molecule has 17 heavy (non-hydrogen) atoms. The lowest BCUT2D eigenvalue weighted by molar-refractivity contribution is -0.138. The van der Waals surface area contributed by atoms with Crippen molar-refractivity contribution in [1.82, 2.24) is 0 Å². The van der Waals surface area contributed by atoms with Gasteiger partial charge in [0.05, 0.1) is 11.4 Å². The van der Waals surface area contributed by atoms with Crippen molar-refractivity contribution in [2.75, 3.05) is 0 Å². The van der Waals surface area contributed by atoms with E-state index < -0.39 is 28.8 Å². The third-order valence-corrected chi connectivity index (χ3v) is 2.74.